The van der Waals surface area contributed by atoms with E-state index in [0.717, 1.165) is 16.7 Å². The zero-order valence-electron chi connectivity index (χ0n) is 13.8. The monoisotopic (exact) mass is 310 g/mol. The van der Waals surface area contributed by atoms with Crippen molar-refractivity contribution in [3.63, 3.8) is 0 Å². The van der Waals surface area contributed by atoms with Gasteiger partial charge >= 0.3 is 0 Å². The molecule has 0 spiro atoms. The van der Waals surface area contributed by atoms with Crippen molar-refractivity contribution < 1.29 is 18.9 Å². The largest absolute Gasteiger partial charge is 0.497 e. The molecule has 0 saturated carbocycles. The molecular weight excluding hydrogens is 291 g/mol. The predicted octanol–water partition coefficient (Wildman–Crippen LogP) is 2.58. The van der Waals surface area contributed by atoms with E-state index in [9.17, 15) is 0 Å². The maximum Gasteiger partial charge on any atom is 0.203 e. The van der Waals surface area contributed by atoms with E-state index >= 15 is 0 Å². The van der Waals surface area contributed by atoms with E-state index in [0.29, 0.717) is 28.5 Å². The van der Waals surface area contributed by atoms with Gasteiger partial charge in [0, 0.05) is 0 Å². The number of methoxy groups -OCH3 is 4. The summed E-state index contributed by atoms with van der Waals surface area (Å²) in [7, 11) is 12.3. The smallest absolute Gasteiger partial charge is 0.203 e. The molecule has 0 saturated heterocycles. The molecule has 0 N–H and O–H groups in total. The van der Waals surface area contributed by atoms with Crippen molar-refractivity contribution in [2.24, 2.45) is 0 Å². The Morgan fingerprint density at radius 2 is 1.35 bits per heavy atom. The summed E-state index contributed by atoms with van der Waals surface area (Å²) < 4.78 is 21.3. The highest BCUT2D eigenvalue weighted by Crippen LogP contribution is 2.40. The highest BCUT2D eigenvalue weighted by Gasteiger charge is 2.15. The van der Waals surface area contributed by atoms with Gasteiger partial charge in [-0.1, -0.05) is 24.2 Å². The Hall–Kier alpha value is -2.56. The van der Waals surface area contributed by atoms with Gasteiger partial charge in [0.05, 0.1) is 28.4 Å². The molecule has 0 aliphatic rings. The normalized spacial score (nSPS) is 10.1. The summed E-state index contributed by atoms with van der Waals surface area (Å²) in [5, 5.41) is 0. The minimum absolute atomic E-state index is 0.542. The summed E-state index contributed by atoms with van der Waals surface area (Å²) in [5.74, 6) is 2.32. The average molecular weight is 310 g/mol. The third kappa shape index (κ3) is 3.28. The maximum atomic E-state index is 5.97. The quantitative estimate of drug-likeness (QED) is 0.769. The van der Waals surface area contributed by atoms with Crippen molar-refractivity contribution in [3.05, 3.63) is 48.0 Å². The van der Waals surface area contributed by atoms with Crippen LogP contribution in [0.15, 0.2) is 36.9 Å². The van der Waals surface area contributed by atoms with Crippen LogP contribution in [0.2, 0.25) is 0 Å². The van der Waals surface area contributed by atoms with Crippen molar-refractivity contribution in [1.82, 2.24) is 0 Å². The molecule has 0 amide bonds. The molecule has 0 aromatic heterocycles. The van der Waals surface area contributed by atoms with E-state index in [2.05, 4.69) is 6.58 Å². The number of benzene rings is 2. The minimum atomic E-state index is 0.542. The number of hydrogen-bond donors (Lipinski definition) is 0. The van der Waals surface area contributed by atoms with Crippen molar-refractivity contribution >= 4 is 18.9 Å². The summed E-state index contributed by atoms with van der Waals surface area (Å²) in [6, 6.07) is 9.24. The molecule has 2 aromatic carbocycles. The second-order valence-corrected chi connectivity index (χ2v) is 4.85. The second-order valence-electron chi connectivity index (χ2n) is 4.85. The third-order valence-electron chi connectivity index (χ3n) is 3.59. The van der Waals surface area contributed by atoms with Gasteiger partial charge in [-0.15, -0.1) is 0 Å². The van der Waals surface area contributed by atoms with Gasteiger partial charge in [0.1, 0.15) is 13.6 Å². The van der Waals surface area contributed by atoms with Crippen molar-refractivity contribution in [2.45, 2.75) is 0 Å². The van der Waals surface area contributed by atoms with Gasteiger partial charge in [-0.25, -0.2) is 0 Å². The van der Waals surface area contributed by atoms with Crippen molar-refractivity contribution in [3.8, 4) is 23.0 Å². The molecule has 0 heterocycles. The number of ether oxygens (including phenoxy) is 4. The third-order valence-corrected chi connectivity index (χ3v) is 3.59. The van der Waals surface area contributed by atoms with Crippen LogP contribution < -0.4 is 24.4 Å². The van der Waals surface area contributed by atoms with Gasteiger partial charge in [-0.2, -0.15) is 0 Å². The van der Waals surface area contributed by atoms with Crippen LogP contribution in [-0.4, -0.2) is 36.3 Å². The molecule has 118 valence electrons. The van der Waals surface area contributed by atoms with Crippen LogP contribution in [0, 0.1) is 0 Å². The Balaban J connectivity index is 2.49. The Bertz CT molecular complexity index is 700. The average Bonchev–Trinajstić information content (AvgIpc) is 2.59. The molecule has 0 atom stereocenters. The molecule has 5 heteroatoms. The second kappa shape index (κ2) is 7.14. The SMILES string of the molecule is [B]c1cc(C(=C)c2cc(OC)c(OC)c(OC)c2)ccc1OC. The highest BCUT2D eigenvalue weighted by atomic mass is 16.5. The van der Waals surface area contributed by atoms with Crippen molar-refractivity contribution in [1.29, 1.82) is 0 Å². The molecule has 2 radical (unpaired) electrons. The van der Waals surface area contributed by atoms with Gasteiger partial charge in [0.15, 0.2) is 11.5 Å². The van der Waals surface area contributed by atoms with Crippen LogP contribution in [0.1, 0.15) is 11.1 Å². The predicted molar refractivity (Wildman–Crippen MR) is 92.6 cm³/mol. The highest BCUT2D eigenvalue weighted by molar-refractivity contribution is 6.34. The standard InChI is InChI=1S/C18H19BO4/c1-11(12-6-7-15(20-2)14(19)8-12)13-9-16(21-3)18(23-5)17(10-13)22-4/h6-10H,1H2,2-5H3. The fraction of sp³-hybridized carbons (Fsp3) is 0.222. The lowest BCUT2D eigenvalue weighted by Crippen LogP contribution is -2.08. The van der Waals surface area contributed by atoms with Gasteiger partial charge in [-0.3, -0.25) is 0 Å². The van der Waals surface area contributed by atoms with Crippen molar-refractivity contribution in [2.75, 3.05) is 28.4 Å². The molecule has 0 aliphatic heterocycles. The van der Waals surface area contributed by atoms with Crippen LogP contribution in [0.25, 0.3) is 5.57 Å². The van der Waals surface area contributed by atoms with E-state index in [1.54, 1.807) is 28.4 Å². The van der Waals surface area contributed by atoms with Gasteiger partial charge in [0.2, 0.25) is 5.75 Å². The lowest BCUT2D eigenvalue weighted by molar-refractivity contribution is 0.324. The van der Waals surface area contributed by atoms with Crippen LogP contribution in [0.3, 0.4) is 0 Å². The Labute approximate surface area is 138 Å². The van der Waals surface area contributed by atoms with Crippen LogP contribution in [0.4, 0.5) is 0 Å². The zero-order chi connectivity index (χ0) is 17.0. The summed E-state index contributed by atoms with van der Waals surface area (Å²) in [6.07, 6.45) is 0. The van der Waals surface area contributed by atoms with Crippen LogP contribution >= 0.6 is 0 Å². The molecular formula is C18H19BO4. The first-order valence-electron chi connectivity index (χ1n) is 6.98. The summed E-state index contributed by atoms with van der Waals surface area (Å²) >= 11 is 0. The summed E-state index contributed by atoms with van der Waals surface area (Å²) in [5.41, 5.74) is 3.08. The molecule has 4 nitrogen and oxygen atoms in total. The first-order chi connectivity index (χ1) is 11.0. The maximum absolute atomic E-state index is 5.97. The molecule has 0 aliphatic carbocycles. The minimum Gasteiger partial charge on any atom is -0.497 e. The molecule has 2 rings (SSSR count). The summed E-state index contributed by atoms with van der Waals surface area (Å²) in [6.45, 7) is 4.15. The lowest BCUT2D eigenvalue weighted by atomic mass is 9.89. The fourth-order valence-electron chi connectivity index (χ4n) is 2.34. The van der Waals surface area contributed by atoms with E-state index in [1.807, 2.05) is 30.3 Å². The summed E-state index contributed by atoms with van der Waals surface area (Å²) in [4.78, 5) is 0. The Kier molecular flexibility index (Phi) is 5.22. The van der Waals surface area contributed by atoms with Crippen LogP contribution in [-0.2, 0) is 0 Å². The topological polar surface area (TPSA) is 36.9 Å². The van der Waals surface area contributed by atoms with Gasteiger partial charge in [-0.05, 0) is 34.9 Å². The molecule has 0 fully saturated rings. The molecule has 23 heavy (non-hydrogen) atoms. The Morgan fingerprint density at radius 3 is 1.78 bits per heavy atom. The number of rotatable bonds is 6. The lowest BCUT2D eigenvalue weighted by Gasteiger charge is -2.16. The first-order valence-corrected chi connectivity index (χ1v) is 6.98. The first kappa shape index (κ1) is 16.8. The molecule has 0 bridgehead atoms. The number of hydrogen-bond acceptors (Lipinski definition) is 4. The van der Waals surface area contributed by atoms with E-state index in [-0.39, 0.29) is 0 Å². The van der Waals surface area contributed by atoms with E-state index < -0.39 is 0 Å². The zero-order valence-corrected chi connectivity index (χ0v) is 13.8. The Morgan fingerprint density at radius 1 is 0.783 bits per heavy atom. The fourth-order valence-corrected chi connectivity index (χ4v) is 2.34. The van der Waals surface area contributed by atoms with Gasteiger partial charge < -0.3 is 18.9 Å². The molecule has 0 unspecified atom stereocenters. The van der Waals surface area contributed by atoms with E-state index in [4.69, 9.17) is 26.8 Å². The molecule has 2 aromatic rings. The van der Waals surface area contributed by atoms with Crippen LogP contribution in [0.5, 0.6) is 23.0 Å². The van der Waals surface area contributed by atoms with E-state index in [1.165, 1.54) is 0 Å². The van der Waals surface area contributed by atoms with Gasteiger partial charge in [0.25, 0.3) is 0 Å².